The van der Waals surface area contributed by atoms with E-state index in [9.17, 15) is 20.0 Å². The SMILES string of the molecule is CCC1=C(C2=NCCO2)C(c2cccc([N+](=O)[O-])c2)C(C(=O)O)=C(C)N1CCOC. The number of benzene rings is 1. The molecule has 160 valence electrons. The van der Waals surface area contributed by atoms with Crippen molar-refractivity contribution < 1.29 is 24.3 Å². The molecule has 30 heavy (non-hydrogen) atoms. The Balaban J connectivity index is 2.28. The molecule has 0 saturated carbocycles. The zero-order valence-electron chi connectivity index (χ0n) is 17.3. The normalized spacial score (nSPS) is 19.1. The van der Waals surface area contributed by atoms with E-state index in [4.69, 9.17) is 9.47 Å². The summed E-state index contributed by atoms with van der Waals surface area (Å²) in [7, 11) is 1.59. The summed E-state index contributed by atoms with van der Waals surface area (Å²) in [6, 6.07) is 6.10. The minimum Gasteiger partial charge on any atom is -0.478 e. The van der Waals surface area contributed by atoms with Gasteiger partial charge in [-0.15, -0.1) is 0 Å². The Morgan fingerprint density at radius 3 is 2.80 bits per heavy atom. The van der Waals surface area contributed by atoms with Crippen LogP contribution < -0.4 is 0 Å². The number of allylic oxidation sites excluding steroid dienone is 2. The van der Waals surface area contributed by atoms with Crippen LogP contribution in [0.2, 0.25) is 0 Å². The third-order valence-electron chi connectivity index (χ3n) is 5.32. The number of hydrogen-bond acceptors (Lipinski definition) is 7. The molecule has 2 heterocycles. The van der Waals surface area contributed by atoms with E-state index in [1.165, 1.54) is 12.1 Å². The van der Waals surface area contributed by atoms with Gasteiger partial charge in [-0.2, -0.15) is 0 Å². The Hall–Kier alpha value is -3.20. The van der Waals surface area contributed by atoms with Crippen molar-refractivity contribution in [2.24, 2.45) is 4.99 Å². The largest absolute Gasteiger partial charge is 0.478 e. The Morgan fingerprint density at radius 1 is 1.47 bits per heavy atom. The maximum atomic E-state index is 12.4. The highest BCUT2D eigenvalue weighted by Crippen LogP contribution is 2.44. The highest BCUT2D eigenvalue weighted by atomic mass is 16.6. The topological polar surface area (TPSA) is 115 Å². The molecule has 1 N–H and O–H groups in total. The van der Waals surface area contributed by atoms with Crippen LogP contribution in [0.1, 0.15) is 31.7 Å². The highest BCUT2D eigenvalue weighted by Gasteiger charge is 2.40. The molecule has 1 atom stereocenters. The number of hydrogen-bond donors (Lipinski definition) is 1. The summed E-state index contributed by atoms with van der Waals surface area (Å²) in [5, 5.41) is 21.5. The third-order valence-corrected chi connectivity index (χ3v) is 5.32. The van der Waals surface area contributed by atoms with Crippen molar-refractivity contribution in [3.05, 3.63) is 62.5 Å². The average molecular weight is 415 g/mol. The first kappa shape index (κ1) is 21.5. The molecule has 0 saturated heterocycles. The fourth-order valence-electron chi connectivity index (χ4n) is 4.05. The number of nitrogens with zero attached hydrogens (tertiary/aromatic N) is 3. The summed E-state index contributed by atoms with van der Waals surface area (Å²) in [5.74, 6) is -1.41. The van der Waals surface area contributed by atoms with Crippen molar-refractivity contribution in [1.29, 1.82) is 0 Å². The van der Waals surface area contributed by atoms with Gasteiger partial charge in [-0.3, -0.25) is 10.1 Å². The minimum absolute atomic E-state index is 0.0941. The summed E-state index contributed by atoms with van der Waals surface area (Å²) in [4.78, 5) is 29.6. The van der Waals surface area contributed by atoms with Crippen LogP contribution in [0.4, 0.5) is 5.69 Å². The first-order valence-electron chi connectivity index (χ1n) is 9.76. The molecule has 9 heteroatoms. The highest BCUT2D eigenvalue weighted by molar-refractivity contribution is 6.02. The predicted octanol–water partition coefficient (Wildman–Crippen LogP) is 3.09. The van der Waals surface area contributed by atoms with Crippen molar-refractivity contribution in [3.8, 4) is 0 Å². The number of nitro benzene ring substituents is 1. The Labute approximate surface area is 174 Å². The Morgan fingerprint density at radius 2 is 2.23 bits per heavy atom. The number of nitro groups is 1. The monoisotopic (exact) mass is 415 g/mol. The number of carbonyl (C=O) groups is 1. The van der Waals surface area contributed by atoms with Gasteiger partial charge in [-0.05, 0) is 18.9 Å². The Bertz CT molecular complexity index is 950. The maximum absolute atomic E-state index is 12.4. The fraction of sp³-hybridized carbons (Fsp3) is 0.429. The number of aliphatic carboxylic acids is 1. The second-order valence-electron chi connectivity index (χ2n) is 6.98. The zero-order valence-corrected chi connectivity index (χ0v) is 17.3. The lowest BCUT2D eigenvalue weighted by atomic mass is 9.79. The summed E-state index contributed by atoms with van der Waals surface area (Å²) in [6.07, 6.45) is 0.608. The van der Waals surface area contributed by atoms with Crippen molar-refractivity contribution in [2.75, 3.05) is 33.4 Å². The molecule has 2 aliphatic rings. The molecule has 0 radical (unpaired) electrons. The Kier molecular flexibility index (Phi) is 6.51. The van der Waals surface area contributed by atoms with E-state index in [2.05, 4.69) is 4.99 Å². The van der Waals surface area contributed by atoms with Crippen LogP contribution in [0.3, 0.4) is 0 Å². The number of rotatable bonds is 8. The number of methoxy groups -OCH3 is 1. The number of aliphatic imine (C=N–C) groups is 1. The lowest BCUT2D eigenvalue weighted by Crippen LogP contribution is -2.36. The number of ether oxygens (including phenoxy) is 2. The van der Waals surface area contributed by atoms with Crippen molar-refractivity contribution in [2.45, 2.75) is 26.2 Å². The first-order valence-corrected chi connectivity index (χ1v) is 9.76. The van der Waals surface area contributed by atoms with Crippen LogP contribution in [0.25, 0.3) is 0 Å². The van der Waals surface area contributed by atoms with Crippen LogP contribution in [0, 0.1) is 10.1 Å². The van der Waals surface area contributed by atoms with Gasteiger partial charge >= 0.3 is 5.97 Å². The van der Waals surface area contributed by atoms with E-state index < -0.39 is 16.8 Å². The summed E-state index contributed by atoms with van der Waals surface area (Å²) >= 11 is 0. The second kappa shape index (κ2) is 9.08. The molecule has 0 fully saturated rings. The van der Waals surface area contributed by atoms with Gasteiger partial charge in [-0.1, -0.05) is 19.1 Å². The van der Waals surface area contributed by atoms with Gasteiger partial charge in [0.25, 0.3) is 5.69 Å². The number of non-ortho nitro benzene ring substituents is 1. The number of carboxylic acids is 1. The third kappa shape index (κ3) is 3.93. The molecule has 0 spiro atoms. The molecular formula is C21H25N3O6. The lowest BCUT2D eigenvalue weighted by molar-refractivity contribution is -0.384. The van der Waals surface area contributed by atoms with E-state index in [1.54, 1.807) is 26.2 Å². The molecule has 1 aromatic rings. The molecule has 3 rings (SSSR count). The quantitative estimate of drug-likeness (QED) is 0.512. The molecule has 1 aromatic carbocycles. The van der Waals surface area contributed by atoms with E-state index >= 15 is 0 Å². The van der Waals surface area contributed by atoms with E-state index in [1.807, 2.05) is 11.8 Å². The lowest BCUT2D eigenvalue weighted by Gasteiger charge is -2.39. The summed E-state index contributed by atoms with van der Waals surface area (Å²) in [6.45, 7) is 5.53. The molecule has 9 nitrogen and oxygen atoms in total. The maximum Gasteiger partial charge on any atom is 0.334 e. The fourth-order valence-corrected chi connectivity index (χ4v) is 4.05. The second-order valence-corrected chi connectivity index (χ2v) is 6.98. The van der Waals surface area contributed by atoms with Crippen molar-refractivity contribution in [3.63, 3.8) is 0 Å². The molecule has 1 unspecified atom stereocenters. The van der Waals surface area contributed by atoms with Gasteiger partial charge in [0.15, 0.2) is 0 Å². The van der Waals surface area contributed by atoms with Crippen molar-refractivity contribution >= 4 is 17.6 Å². The molecule has 0 aliphatic carbocycles. The van der Waals surface area contributed by atoms with E-state index in [0.717, 1.165) is 5.70 Å². The standard InChI is InChI=1S/C21H25N3O6/c1-4-16-19(20-22-8-10-30-20)18(14-6-5-7-15(12-14)24(27)28)17(21(25)26)13(2)23(16)9-11-29-3/h5-7,12,18H,4,8-11H2,1-3H3,(H,25,26). The zero-order chi connectivity index (χ0) is 21.8. The smallest absolute Gasteiger partial charge is 0.334 e. The molecule has 0 bridgehead atoms. The van der Waals surface area contributed by atoms with Gasteiger partial charge in [0.1, 0.15) is 6.61 Å². The molecule has 0 aromatic heterocycles. The van der Waals surface area contributed by atoms with Gasteiger partial charge in [0, 0.05) is 42.8 Å². The summed E-state index contributed by atoms with van der Waals surface area (Å²) in [5.41, 5.74) is 2.68. The summed E-state index contributed by atoms with van der Waals surface area (Å²) < 4.78 is 11.0. The first-order chi connectivity index (χ1) is 14.4. The molecule has 0 amide bonds. The van der Waals surface area contributed by atoms with Crippen molar-refractivity contribution in [1.82, 2.24) is 4.90 Å². The van der Waals surface area contributed by atoms with Crippen LogP contribution in [0.15, 0.2) is 51.8 Å². The average Bonchev–Trinajstić information content (AvgIpc) is 3.26. The van der Waals surface area contributed by atoms with Crippen LogP contribution in [-0.2, 0) is 14.3 Å². The molecule has 2 aliphatic heterocycles. The van der Waals surface area contributed by atoms with Gasteiger partial charge in [0.05, 0.1) is 29.6 Å². The van der Waals surface area contributed by atoms with Crippen LogP contribution in [0.5, 0.6) is 0 Å². The minimum atomic E-state index is -1.09. The van der Waals surface area contributed by atoms with Crippen LogP contribution in [-0.4, -0.2) is 60.2 Å². The van der Waals surface area contributed by atoms with E-state index in [0.29, 0.717) is 55.5 Å². The van der Waals surface area contributed by atoms with Gasteiger partial charge < -0.3 is 19.5 Å². The number of carboxylic acid groups (broad SMARTS) is 1. The van der Waals surface area contributed by atoms with E-state index in [-0.39, 0.29) is 11.3 Å². The van der Waals surface area contributed by atoms with Gasteiger partial charge in [-0.25, -0.2) is 9.79 Å². The predicted molar refractivity (Wildman–Crippen MR) is 110 cm³/mol. The molecular weight excluding hydrogens is 390 g/mol. The van der Waals surface area contributed by atoms with Gasteiger partial charge in [0.2, 0.25) is 5.90 Å². The van der Waals surface area contributed by atoms with Crippen LogP contribution >= 0.6 is 0 Å².